The largest absolute Gasteiger partial charge is 0.386 e. The quantitative estimate of drug-likeness (QED) is 0.0864. The van der Waals surface area contributed by atoms with Crippen LogP contribution in [0.15, 0.2) is 78.9 Å². The van der Waals surface area contributed by atoms with Crippen molar-refractivity contribution < 1.29 is 14.3 Å². The first kappa shape index (κ1) is 24.3. The topological polar surface area (TPSA) is 43.4 Å². The second-order valence-corrected chi connectivity index (χ2v) is 9.98. The molecule has 0 unspecified atom stereocenters. The van der Waals surface area contributed by atoms with Crippen molar-refractivity contribution in [2.45, 2.75) is 34.6 Å². The van der Waals surface area contributed by atoms with E-state index in [0.717, 1.165) is 26.9 Å². The lowest BCUT2D eigenvalue weighted by molar-refractivity contribution is 0.0391. The maximum Gasteiger partial charge on any atom is 0.346 e. The Labute approximate surface area is 231 Å². The van der Waals surface area contributed by atoms with Crippen LogP contribution in [0.2, 0.25) is 0 Å². The highest BCUT2D eigenvalue weighted by Crippen LogP contribution is 2.48. The molecule has 1 aliphatic rings. The maximum absolute atomic E-state index is 12.6. The third-order valence-corrected chi connectivity index (χ3v) is 8.37. The number of rotatable bonds is 0. The molecule has 3 heteroatoms. The number of esters is 2. The fourth-order valence-electron chi connectivity index (χ4n) is 6.87. The predicted octanol–water partition coefficient (Wildman–Crippen LogP) is 10.3. The molecule has 0 atom stereocenters. The van der Waals surface area contributed by atoms with E-state index in [0.29, 0.717) is 16.5 Å². The Morgan fingerprint density at radius 2 is 0.750 bits per heavy atom. The minimum atomic E-state index is -0.577. The van der Waals surface area contributed by atoms with Crippen LogP contribution in [0.25, 0.3) is 75.4 Å². The van der Waals surface area contributed by atoms with Crippen LogP contribution in [0.1, 0.15) is 54.0 Å². The van der Waals surface area contributed by atoms with Gasteiger partial charge in [-0.3, -0.25) is 0 Å². The zero-order chi connectivity index (χ0) is 27.9. The molecular weight excluding hydrogens is 492 g/mol. The van der Waals surface area contributed by atoms with Crippen LogP contribution in [0, 0.1) is 6.92 Å². The fraction of sp³-hybridized carbons (Fsp3) is 0.135. The lowest BCUT2D eigenvalue weighted by Gasteiger charge is -2.22. The van der Waals surface area contributed by atoms with Crippen LogP contribution in [-0.2, 0) is 4.74 Å². The molecule has 0 N–H and O–H groups in total. The van der Waals surface area contributed by atoms with Gasteiger partial charge in [0.1, 0.15) is 0 Å². The normalized spacial score (nSPS) is 12.9. The summed E-state index contributed by atoms with van der Waals surface area (Å²) in [5.74, 6) is -1.15. The predicted molar refractivity (Wildman–Crippen MR) is 169 cm³/mol. The SMILES string of the molecule is CC.CC.Cc1ccc2c3ccc4c5ccc6c7c(ccc(c8ccc(c9cccc1c92)c3c84)c75)C(=O)OC6=O. The Morgan fingerprint density at radius 3 is 1.25 bits per heavy atom. The number of hydrogen-bond donors (Lipinski definition) is 0. The molecule has 0 amide bonds. The number of cyclic esters (lactones) is 2. The monoisotopic (exact) mass is 520 g/mol. The number of fused-ring (bicyclic) bond motifs is 4. The van der Waals surface area contributed by atoms with E-state index >= 15 is 0 Å². The summed E-state index contributed by atoms with van der Waals surface area (Å²) >= 11 is 0. The molecule has 0 fully saturated rings. The average Bonchev–Trinajstić information content (AvgIpc) is 3.01. The molecular formula is C37H28O3. The summed E-state index contributed by atoms with van der Waals surface area (Å²) < 4.78 is 5.01. The number of ether oxygens (including phenoxy) is 1. The van der Waals surface area contributed by atoms with Gasteiger partial charge in [-0.1, -0.05) is 94.4 Å². The van der Waals surface area contributed by atoms with E-state index in [4.69, 9.17) is 4.74 Å². The van der Waals surface area contributed by atoms with Gasteiger partial charge >= 0.3 is 11.9 Å². The van der Waals surface area contributed by atoms with E-state index in [1.807, 2.05) is 39.8 Å². The summed E-state index contributed by atoms with van der Waals surface area (Å²) in [6, 6.07) is 27.6. The lowest BCUT2D eigenvalue weighted by atomic mass is 9.82. The standard InChI is InChI=1S/C33H16O3.2C2H6/c1-15-5-6-18-20-8-10-22-24-12-14-26-31-25(32(34)36-33(26)35)13-11-23(30(24)31)21-9-7-19(28(20)29(21)22)17-4-2-3-16(15)27(17)18;2*1-2/h2-14H,1H3;2*1-2H3. The minimum Gasteiger partial charge on any atom is -0.386 e. The summed E-state index contributed by atoms with van der Waals surface area (Å²) in [6.45, 7) is 10.2. The van der Waals surface area contributed by atoms with Crippen LogP contribution in [-0.4, -0.2) is 11.9 Å². The van der Waals surface area contributed by atoms with E-state index in [1.54, 1.807) is 12.1 Å². The van der Waals surface area contributed by atoms with Crippen molar-refractivity contribution >= 4 is 87.3 Å². The van der Waals surface area contributed by atoms with Gasteiger partial charge in [0.25, 0.3) is 0 Å². The van der Waals surface area contributed by atoms with Crippen molar-refractivity contribution in [3.8, 4) is 0 Å². The molecule has 0 saturated heterocycles. The van der Waals surface area contributed by atoms with Crippen LogP contribution >= 0.6 is 0 Å². The second-order valence-electron chi connectivity index (χ2n) is 9.98. The molecule has 8 aromatic rings. The van der Waals surface area contributed by atoms with E-state index in [-0.39, 0.29) is 0 Å². The van der Waals surface area contributed by atoms with Crippen molar-refractivity contribution in [1.82, 2.24) is 0 Å². The smallest absolute Gasteiger partial charge is 0.346 e. The molecule has 40 heavy (non-hydrogen) atoms. The summed E-state index contributed by atoms with van der Waals surface area (Å²) in [5, 5.41) is 16.2. The molecule has 0 radical (unpaired) electrons. The Kier molecular flexibility index (Phi) is 5.24. The lowest BCUT2D eigenvalue weighted by Crippen LogP contribution is -2.19. The van der Waals surface area contributed by atoms with E-state index in [2.05, 4.69) is 61.5 Å². The van der Waals surface area contributed by atoms with Crippen molar-refractivity contribution in [2.75, 3.05) is 0 Å². The van der Waals surface area contributed by atoms with Gasteiger partial charge in [0.15, 0.2) is 0 Å². The van der Waals surface area contributed by atoms with Crippen molar-refractivity contribution in [3.63, 3.8) is 0 Å². The highest BCUT2D eigenvalue weighted by molar-refractivity contribution is 6.43. The third-order valence-electron chi connectivity index (χ3n) is 8.37. The Balaban J connectivity index is 0.000000636. The minimum absolute atomic E-state index is 0.454. The van der Waals surface area contributed by atoms with Gasteiger partial charge in [-0.05, 0) is 94.6 Å². The molecule has 0 spiro atoms. The molecule has 8 aromatic carbocycles. The zero-order valence-electron chi connectivity index (χ0n) is 23.2. The van der Waals surface area contributed by atoms with Gasteiger partial charge in [0, 0.05) is 5.39 Å². The van der Waals surface area contributed by atoms with Crippen molar-refractivity contribution in [3.05, 3.63) is 95.6 Å². The van der Waals surface area contributed by atoms with Gasteiger partial charge in [0.2, 0.25) is 0 Å². The van der Waals surface area contributed by atoms with Gasteiger partial charge in [-0.15, -0.1) is 0 Å². The van der Waals surface area contributed by atoms with E-state index in [9.17, 15) is 9.59 Å². The van der Waals surface area contributed by atoms with Crippen LogP contribution in [0.4, 0.5) is 0 Å². The first-order chi connectivity index (χ1) is 19.6. The van der Waals surface area contributed by atoms with Crippen LogP contribution in [0.5, 0.6) is 0 Å². The maximum atomic E-state index is 12.6. The molecule has 1 aliphatic heterocycles. The molecule has 1 heterocycles. The zero-order valence-corrected chi connectivity index (χ0v) is 23.2. The van der Waals surface area contributed by atoms with E-state index in [1.165, 1.54) is 48.7 Å². The molecule has 3 nitrogen and oxygen atoms in total. The second kappa shape index (κ2) is 8.62. The number of benzene rings is 8. The third kappa shape index (κ3) is 2.84. The highest BCUT2D eigenvalue weighted by atomic mass is 16.6. The van der Waals surface area contributed by atoms with Crippen LogP contribution in [0.3, 0.4) is 0 Å². The highest BCUT2D eigenvalue weighted by Gasteiger charge is 2.29. The van der Waals surface area contributed by atoms with E-state index < -0.39 is 11.9 Å². The summed E-state index contributed by atoms with van der Waals surface area (Å²) in [5.41, 5.74) is 2.19. The molecule has 0 aliphatic carbocycles. The molecule has 0 saturated carbocycles. The summed E-state index contributed by atoms with van der Waals surface area (Å²) in [4.78, 5) is 25.1. The fourth-order valence-corrected chi connectivity index (χ4v) is 6.87. The number of carbonyl (C=O) groups excluding carboxylic acids is 2. The van der Waals surface area contributed by atoms with Gasteiger partial charge < -0.3 is 4.74 Å². The molecule has 9 rings (SSSR count). The Bertz CT molecular complexity index is 2210. The first-order valence-electron chi connectivity index (χ1n) is 14.1. The number of hydrogen-bond acceptors (Lipinski definition) is 3. The number of aryl methyl sites for hydroxylation is 1. The van der Waals surface area contributed by atoms with Gasteiger partial charge in [0.05, 0.1) is 11.1 Å². The molecule has 0 aromatic heterocycles. The molecule has 194 valence electrons. The van der Waals surface area contributed by atoms with Crippen molar-refractivity contribution in [1.29, 1.82) is 0 Å². The summed E-state index contributed by atoms with van der Waals surface area (Å²) in [6.07, 6.45) is 0. The molecule has 0 bridgehead atoms. The Morgan fingerprint density at radius 1 is 0.400 bits per heavy atom. The van der Waals surface area contributed by atoms with Crippen molar-refractivity contribution in [2.24, 2.45) is 0 Å². The van der Waals surface area contributed by atoms with Gasteiger partial charge in [-0.2, -0.15) is 0 Å². The van der Waals surface area contributed by atoms with Gasteiger partial charge in [-0.25, -0.2) is 9.59 Å². The first-order valence-corrected chi connectivity index (χ1v) is 14.1. The summed E-state index contributed by atoms with van der Waals surface area (Å²) in [7, 11) is 0. The Hall–Kier alpha value is -4.76. The number of carbonyl (C=O) groups is 2. The van der Waals surface area contributed by atoms with Crippen LogP contribution < -0.4 is 0 Å². The average molecular weight is 521 g/mol.